The molecule has 0 saturated carbocycles. The number of halogens is 1. The van der Waals surface area contributed by atoms with E-state index in [0.717, 1.165) is 20.8 Å². The van der Waals surface area contributed by atoms with Crippen molar-refractivity contribution in [3.05, 3.63) is 87.9 Å². The van der Waals surface area contributed by atoms with Gasteiger partial charge in [0.1, 0.15) is 9.90 Å². The molecular weight excluding hydrogens is 466 g/mol. The maximum absolute atomic E-state index is 13.4. The van der Waals surface area contributed by atoms with Crippen LogP contribution in [0.5, 0.6) is 0 Å². The fourth-order valence-corrected chi connectivity index (χ4v) is 6.69. The number of hydrogen-bond donors (Lipinski definition) is 1. The fourth-order valence-electron chi connectivity index (χ4n) is 3.77. The van der Waals surface area contributed by atoms with Crippen molar-refractivity contribution in [3.63, 3.8) is 0 Å². The van der Waals surface area contributed by atoms with Gasteiger partial charge in [-0.2, -0.15) is 0 Å². The molecule has 4 aromatic rings. The Kier molecular flexibility index (Phi) is 5.36. The van der Waals surface area contributed by atoms with E-state index in [-0.39, 0.29) is 27.9 Å². The third-order valence-corrected chi connectivity index (χ3v) is 8.68. The number of para-hydroxylation sites is 2. The Morgan fingerprint density at radius 1 is 1.09 bits per heavy atom. The highest BCUT2D eigenvalue weighted by molar-refractivity contribution is 7.93. The maximum atomic E-state index is 13.4. The Bertz CT molecular complexity index is 1420. The van der Waals surface area contributed by atoms with Crippen LogP contribution in [-0.4, -0.2) is 25.9 Å². The molecule has 0 unspecified atom stereocenters. The number of amides is 1. The lowest BCUT2D eigenvalue weighted by molar-refractivity contribution is 0.0950. The van der Waals surface area contributed by atoms with Gasteiger partial charge >= 0.3 is 0 Å². The number of hydrogen-bond acceptors (Lipinski definition) is 5. The highest BCUT2D eigenvalue weighted by Gasteiger charge is 2.32. The molecule has 3 aromatic carbocycles. The van der Waals surface area contributed by atoms with Gasteiger partial charge in [0.05, 0.1) is 27.5 Å². The molecule has 0 atom stereocenters. The first-order chi connectivity index (χ1) is 15.4. The normalized spacial score (nSPS) is 13.3. The number of nitrogens with zero attached hydrogens (tertiary/aromatic N) is 2. The van der Waals surface area contributed by atoms with Gasteiger partial charge in [-0.05, 0) is 48.4 Å². The molecule has 1 aliphatic heterocycles. The third kappa shape index (κ3) is 3.74. The monoisotopic (exact) mass is 483 g/mol. The Labute approximate surface area is 194 Å². The van der Waals surface area contributed by atoms with Gasteiger partial charge in [-0.1, -0.05) is 41.9 Å². The smallest absolute Gasteiger partial charge is 0.265 e. The maximum Gasteiger partial charge on any atom is 0.265 e. The van der Waals surface area contributed by atoms with Gasteiger partial charge in [0.2, 0.25) is 0 Å². The molecule has 1 aliphatic rings. The molecule has 0 fully saturated rings. The zero-order valence-corrected chi connectivity index (χ0v) is 19.2. The average Bonchev–Trinajstić information content (AvgIpc) is 3.42. The van der Waals surface area contributed by atoms with Crippen LogP contribution in [0.3, 0.4) is 0 Å². The number of carbonyl (C=O) groups excluding carboxylic acids is 1. The number of aromatic nitrogens is 1. The fraction of sp³-hybridized carbons (Fsp3) is 0.130. The third-order valence-electron chi connectivity index (χ3n) is 5.34. The standard InChI is InChI=1S/C23H18ClN3O3S2/c24-17-10-9-16(23(28)25-14-22-26-18-6-2-4-8-20(18)31-22)13-21(17)32(29,30)27-12-11-15-5-1-3-7-19(15)27/h1-10,13H,11-12,14H2,(H,25,28). The van der Waals surface area contributed by atoms with Crippen LogP contribution in [0.2, 0.25) is 5.02 Å². The Morgan fingerprint density at radius 3 is 2.72 bits per heavy atom. The molecule has 6 nitrogen and oxygen atoms in total. The van der Waals surface area contributed by atoms with E-state index in [1.807, 2.05) is 36.4 Å². The second-order valence-electron chi connectivity index (χ2n) is 7.36. The minimum absolute atomic E-state index is 0.0801. The van der Waals surface area contributed by atoms with Gasteiger partial charge in [0, 0.05) is 12.1 Å². The summed E-state index contributed by atoms with van der Waals surface area (Å²) < 4.78 is 29.1. The van der Waals surface area contributed by atoms with Crippen molar-refractivity contribution in [2.45, 2.75) is 17.9 Å². The molecule has 0 bridgehead atoms. The highest BCUT2D eigenvalue weighted by atomic mass is 35.5. The quantitative estimate of drug-likeness (QED) is 0.449. The van der Waals surface area contributed by atoms with E-state index in [2.05, 4.69) is 10.3 Å². The Balaban J connectivity index is 1.39. The summed E-state index contributed by atoms with van der Waals surface area (Å²) in [7, 11) is -3.91. The number of benzene rings is 3. The zero-order valence-electron chi connectivity index (χ0n) is 16.8. The summed E-state index contributed by atoms with van der Waals surface area (Å²) in [6.45, 7) is 0.592. The van der Waals surface area contributed by atoms with Crippen LogP contribution in [0.1, 0.15) is 20.9 Å². The number of rotatable bonds is 5. The molecule has 0 saturated heterocycles. The number of nitrogens with one attached hydrogen (secondary N) is 1. The molecule has 1 amide bonds. The number of anilines is 1. The topological polar surface area (TPSA) is 79.4 Å². The first kappa shape index (κ1) is 20.9. The minimum atomic E-state index is -3.91. The van der Waals surface area contributed by atoms with Gasteiger partial charge < -0.3 is 5.32 Å². The molecule has 32 heavy (non-hydrogen) atoms. The molecule has 5 rings (SSSR count). The molecule has 162 valence electrons. The van der Waals surface area contributed by atoms with E-state index in [1.54, 1.807) is 12.1 Å². The molecular formula is C23H18ClN3O3S2. The summed E-state index contributed by atoms with van der Waals surface area (Å²) in [6, 6.07) is 19.5. The number of thiazole rings is 1. The summed E-state index contributed by atoms with van der Waals surface area (Å²) >= 11 is 7.77. The molecule has 0 aliphatic carbocycles. The van der Waals surface area contributed by atoms with Crippen LogP contribution in [0.25, 0.3) is 10.2 Å². The lowest BCUT2D eigenvalue weighted by atomic mass is 10.2. The first-order valence-electron chi connectivity index (χ1n) is 9.96. The molecule has 1 aromatic heterocycles. The summed E-state index contributed by atoms with van der Waals surface area (Å²) in [6.07, 6.45) is 0.634. The average molecular weight is 484 g/mol. The molecule has 0 spiro atoms. The number of carbonyl (C=O) groups is 1. The lowest BCUT2D eigenvalue weighted by Crippen LogP contribution is -2.30. The zero-order chi connectivity index (χ0) is 22.3. The van der Waals surface area contributed by atoms with E-state index < -0.39 is 10.0 Å². The molecule has 2 heterocycles. The highest BCUT2D eigenvalue weighted by Crippen LogP contribution is 2.35. The van der Waals surface area contributed by atoms with Crippen molar-refractivity contribution in [1.29, 1.82) is 0 Å². The van der Waals surface area contributed by atoms with Crippen molar-refractivity contribution in [2.24, 2.45) is 0 Å². The number of sulfonamides is 1. The second kappa shape index (κ2) is 8.20. The SMILES string of the molecule is O=C(NCc1nc2ccccc2s1)c1ccc(Cl)c(S(=O)(=O)N2CCc3ccccc32)c1. The minimum Gasteiger partial charge on any atom is -0.346 e. The molecule has 1 N–H and O–H groups in total. The van der Waals surface area contributed by atoms with Crippen LogP contribution in [0.4, 0.5) is 5.69 Å². The second-order valence-corrected chi connectivity index (χ2v) is 10.7. The molecule has 0 radical (unpaired) electrons. The van der Waals surface area contributed by atoms with Crippen molar-refractivity contribution in [1.82, 2.24) is 10.3 Å². The van der Waals surface area contributed by atoms with Crippen LogP contribution in [-0.2, 0) is 23.0 Å². The van der Waals surface area contributed by atoms with E-state index in [9.17, 15) is 13.2 Å². The van der Waals surface area contributed by atoms with Gasteiger partial charge in [0.15, 0.2) is 0 Å². The van der Waals surface area contributed by atoms with Crippen molar-refractivity contribution < 1.29 is 13.2 Å². The van der Waals surface area contributed by atoms with E-state index in [0.29, 0.717) is 18.7 Å². The van der Waals surface area contributed by atoms with Crippen molar-refractivity contribution in [3.8, 4) is 0 Å². The largest absolute Gasteiger partial charge is 0.346 e. The van der Waals surface area contributed by atoms with Gasteiger partial charge in [-0.15, -0.1) is 11.3 Å². The first-order valence-corrected chi connectivity index (χ1v) is 12.6. The summed E-state index contributed by atoms with van der Waals surface area (Å²) in [5.74, 6) is -0.390. The van der Waals surface area contributed by atoms with Gasteiger partial charge in [-0.25, -0.2) is 13.4 Å². The van der Waals surface area contributed by atoms with Crippen LogP contribution in [0, 0.1) is 0 Å². The van der Waals surface area contributed by atoms with Gasteiger partial charge in [0.25, 0.3) is 15.9 Å². The van der Waals surface area contributed by atoms with Crippen LogP contribution >= 0.6 is 22.9 Å². The Hall–Kier alpha value is -2.94. The summed E-state index contributed by atoms with van der Waals surface area (Å²) in [5, 5.41) is 3.67. The van der Waals surface area contributed by atoms with E-state index in [1.165, 1.54) is 33.8 Å². The summed E-state index contributed by atoms with van der Waals surface area (Å²) in [4.78, 5) is 17.2. The molecule has 9 heteroatoms. The van der Waals surface area contributed by atoms with Gasteiger partial charge in [-0.3, -0.25) is 9.10 Å². The Morgan fingerprint density at radius 2 is 1.88 bits per heavy atom. The summed E-state index contributed by atoms with van der Waals surface area (Å²) in [5.41, 5.74) is 2.72. The predicted molar refractivity (Wildman–Crippen MR) is 127 cm³/mol. The van der Waals surface area contributed by atoms with Crippen molar-refractivity contribution >= 4 is 54.8 Å². The van der Waals surface area contributed by atoms with E-state index in [4.69, 9.17) is 11.6 Å². The number of fused-ring (bicyclic) bond motifs is 2. The van der Waals surface area contributed by atoms with Crippen molar-refractivity contribution in [2.75, 3.05) is 10.8 Å². The van der Waals surface area contributed by atoms with E-state index >= 15 is 0 Å². The predicted octanol–water partition coefficient (Wildman–Crippen LogP) is 4.63. The lowest BCUT2D eigenvalue weighted by Gasteiger charge is -2.20. The van der Waals surface area contributed by atoms with Crippen LogP contribution in [0.15, 0.2) is 71.6 Å². The van der Waals surface area contributed by atoms with Crippen LogP contribution < -0.4 is 9.62 Å².